The molecule has 7 aromatic rings. The van der Waals surface area contributed by atoms with Crippen LogP contribution in [0, 0.1) is 0 Å². The van der Waals surface area contributed by atoms with E-state index in [2.05, 4.69) is 180 Å². The van der Waals surface area contributed by atoms with Crippen molar-refractivity contribution >= 4 is 50.9 Å². The molecule has 9 rings (SSSR count). The van der Waals surface area contributed by atoms with Crippen molar-refractivity contribution < 1.29 is 9.47 Å². The molecule has 4 heteroatoms. The highest BCUT2D eigenvalue weighted by atomic mass is 16.5. The van der Waals surface area contributed by atoms with Gasteiger partial charge in [0.15, 0.2) is 0 Å². The molecule has 52 heavy (non-hydrogen) atoms. The highest BCUT2D eigenvalue weighted by molar-refractivity contribution is 6.98. The third-order valence-corrected chi connectivity index (χ3v) is 10.7. The van der Waals surface area contributed by atoms with Crippen LogP contribution in [0.25, 0.3) is 21.9 Å². The first-order chi connectivity index (χ1) is 25.0. The molecule has 0 atom stereocenters. The molecule has 3 nitrogen and oxygen atoms in total. The van der Waals surface area contributed by atoms with Crippen LogP contribution < -0.4 is 30.8 Å². The van der Waals surface area contributed by atoms with E-state index in [0.29, 0.717) is 0 Å². The van der Waals surface area contributed by atoms with Crippen LogP contribution in [0.5, 0.6) is 23.0 Å². The summed E-state index contributed by atoms with van der Waals surface area (Å²) >= 11 is 0. The van der Waals surface area contributed by atoms with Gasteiger partial charge in [0.25, 0.3) is 6.71 Å². The van der Waals surface area contributed by atoms with Gasteiger partial charge in [-0.05, 0) is 104 Å². The molecular weight excluding hydrogens is 633 g/mol. The fourth-order valence-corrected chi connectivity index (χ4v) is 7.93. The molecule has 0 saturated carbocycles. The van der Waals surface area contributed by atoms with Crippen LogP contribution in [0.4, 0.5) is 17.1 Å². The molecule has 0 bridgehead atoms. The second-order valence-electron chi connectivity index (χ2n) is 16.2. The fourth-order valence-electron chi connectivity index (χ4n) is 7.93. The topological polar surface area (TPSA) is 21.7 Å². The van der Waals surface area contributed by atoms with E-state index < -0.39 is 0 Å². The highest BCUT2D eigenvalue weighted by Gasteiger charge is 2.40. The molecule has 0 unspecified atom stereocenters. The fraction of sp³-hybridized carbons (Fsp3) is 0.167. The standard InChI is InChI=1S/C48H42BNO2/c1-47(2,3)32-19-23-34(24-20-32)50(35-25-21-33(22-26-35)48(4,5)6)41-28-27-36(37-13-7-8-14-38(37)41)31-29-44-46-45(30-31)52-43-18-12-10-16-40(43)49(46)39-15-9-11-17-42(39)51-44/h7-30H,1-6H3. The lowest BCUT2D eigenvalue weighted by Crippen LogP contribution is -2.57. The lowest BCUT2D eigenvalue weighted by molar-refractivity contribution is 0.465. The van der Waals surface area contributed by atoms with Gasteiger partial charge < -0.3 is 14.4 Å². The summed E-state index contributed by atoms with van der Waals surface area (Å²) in [6.45, 7) is 13.6. The summed E-state index contributed by atoms with van der Waals surface area (Å²) in [5, 5.41) is 2.33. The zero-order chi connectivity index (χ0) is 35.8. The maximum Gasteiger partial charge on any atom is 0.260 e. The minimum atomic E-state index is 0.0518. The van der Waals surface area contributed by atoms with Gasteiger partial charge in [0.2, 0.25) is 0 Å². The Balaban J connectivity index is 1.21. The zero-order valence-electron chi connectivity index (χ0n) is 30.7. The Labute approximate surface area is 307 Å². The molecule has 0 saturated heterocycles. The van der Waals surface area contributed by atoms with Gasteiger partial charge >= 0.3 is 0 Å². The maximum atomic E-state index is 6.67. The van der Waals surface area contributed by atoms with E-state index in [9.17, 15) is 0 Å². The summed E-state index contributed by atoms with van der Waals surface area (Å²) in [5.74, 6) is 3.48. The third kappa shape index (κ3) is 5.37. The van der Waals surface area contributed by atoms with Crippen LogP contribution in [-0.4, -0.2) is 6.71 Å². The maximum absolute atomic E-state index is 6.67. The van der Waals surface area contributed by atoms with E-state index in [-0.39, 0.29) is 17.5 Å². The van der Waals surface area contributed by atoms with Crippen LogP contribution >= 0.6 is 0 Å². The largest absolute Gasteiger partial charge is 0.458 e. The summed E-state index contributed by atoms with van der Waals surface area (Å²) in [5.41, 5.74) is 11.7. The molecule has 0 fully saturated rings. The van der Waals surface area contributed by atoms with E-state index in [1.807, 2.05) is 12.1 Å². The molecule has 0 spiro atoms. The number of benzene rings is 7. The zero-order valence-corrected chi connectivity index (χ0v) is 30.7. The van der Waals surface area contributed by atoms with Crippen molar-refractivity contribution in [2.75, 3.05) is 4.90 Å². The molecule has 0 N–H and O–H groups in total. The van der Waals surface area contributed by atoms with Crippen molar-refractivity contribution in [3.8, 4) is 34.1 Å². The number of fused-ring (bicyclic) bond motifs is 5. The SMILES string of the molecule is CC(C)(C)c1ccc(N(c2ccc(C(C)(C)C)cc2)c2ccc(-c3cc4c5c(c3)Oc3ccccc3B5c3ccccc3O4)c3ccccc23)cc1. The Morgan fingerprint density at radius 1 is 0.462 bits per heavy atom. The van der Waals surface area contributed by atoms with E-state index in [4.69, 9.17) is 9.47 Å². The Morgan fingerprint density at radius 3 is 1.42 bits per heavy atom. The monoisotopic (exact) mass is 675 g/mol. The van der Waals surface area contributed by atoms with Crippen LogP contribution in [-0.2, 0) is 10.8 Å². The lowest BCUT2D eigenvalue weighted by atomic mass is 9.35. The number of rotatable bonds is 4. The average Bonchev–Trinajstić information content (AvgIpc) is 3.14. The van der Waals surface area contributed by atoms with E-state index in [0.717, 1.165) is 56.6 Å². The van der Waals surface area contributed by atoms with Gasteiger partial charge in [-0.25, -0.2) is 0 Å². The molecule has 0 radical (unpaired) electrons. The van der Waals surface area contributed by atoms with Crippen molar-refractivity contribution in [2.24, 2.45) is 0 Å². The molecular formula is C48H42BNO2. The molecule has 254 valence electrons. The minimum absolute atomic E-state index is 0.0518. The Hall–Kier alpha value is -5.74. The average molecular weight is 676 g/mol. The number of nitrogens with zero attached hydrogens (tertiary/aromatic N) is 1. The Bertz CT molecular complexity index is 2360. The summed E-state index contributed by atoms with van der Waals surface area (Å²) in [7, 11) is 0. The minimum Gasteiger partial charge on any atom is -0.458 e. The van der Waals surface area contributed by atoms with Gasteiger partial charge in [0.05, 0.1) is 5.69 Å². The molecule has 0 aliphatic carbocycles. The first kappa shape index (κ1) is 32.2. The third-order valence-electron chi connectivity index (χ3n) is 10.7. The van der Waals surface area contributed by atoms with Crippen LogP contribution in [0.2, 0.25) is 0 Å². The number of hydrogen-bond acceptors (Lipinski definition) is 3. The Morgan fingerprint density at radius 2 is 0.923 bits per heavy atom. The van der Waals surface area contributed by atoms with Gasteiger partial charge in [-0.15, -0.1) is 0 Å². The quantitative estimate of drug-likeness (QED) is 0.173. The molecule has 2 heterocycles. The van der Waals surface area contributed by atoms with Crippen molar-refractivity contribution in [1.29, 1.82) is 0 Å². The number of ether oxygens (including phenoxy) is 2. The first-order valence-corrected chi connectivity index (χ1v) is 18.3. The van der Waals surface area contributed by atoms with E-state index >= 15 is 0 Å². The van der Waals surface area contributed by atoms with Crippen molar-refractivity contribution in [3.05, 3.63) is 157 Å². The summed E-state index contributed by atoms with van der Waals surface area (Å²) in [6, 6.07) is 52.6. The van der Waals surface area contributed by atoms with Gasteiger partial charge in [-0.1, -0.05) is 133 Å². The smallest absolute Gasteiger partial charge is 0.260 e. The second kappa shape index (κ2) is 11.9. The molecule has 2 aliphatic heterocycles. The Kier molecular flexibility index (Phi) is 7.38. The normalized spacial score (nSPS) is 13.1. The number of anilines is 3. The van der Waals surface area contributed by atoms with Crippen molar-refractivity contribution in [1.82, 2.24) is 0 Å². The van der Waals surface area contributed by atoms with E-state index in [1.54, 1.807) is 0 Å². The predicted octanol–water partition coefficient (Wildman–Crippen LogP) is 11.3. The lowest BCUT2D eigenvalue weighted by Gasteiger charge is -2.33. The van der Waals surface area contributed by atoms with Gasteiger partial charge in [-0.3, -0.25) is 0 Å². The number of hydrogen-bond donors (Lipinski definition) is 0. The van der Waals surface area contributed by atoms with Crippen LogP contribution in [0.15, 0.2) is 146 Å². The van der Waals surface area contributed by atoms with E-state index in [1.165, 1.54) is 32.8 Å². The van der Waals surface area contributed by atoms with Crippen LogP contribution in [0.3, 0.4) is 0 Å². The van der Waals surface area contributed by atoms with Crippen molar-refractivity contribution in [2.45, 2.75) is 52.4 Å². The van der Waals surface area contributed by atoms with Gasteiger partial charge in [0, 0.05) is 22.2 Å². The summed E-state index contributed by atoms with van der Waals surface area (Å²) in [6.07, 6.45) is 0. The molecule has 0 amide bonds. The van der Waals surface area contributed by atoms with Gasteiger partial charge in [-0.2, -0.15) is 0 Å². The second-order valence-corrected chi connectivity index (χ2v) is 16.2. The predicted molar refractivity (Wildman–Crippen MR) is 219 cm³/mol. The molecule has 0 aromatic heterocycles. The first-order valence-electron chi connectivity index (χ1n) is 18.3. The van der Waals surface area contributed by atoms with Gasteiger partial charge in [0.1, 0.15) is 23.0 Å². The molecule has 2 aliphatic rings. The highest BCUT2D eigenvalue weighted by Crippen LogP contribution is 2.45. The molecule has 7 aromatic carbocycles. The van der Waals surface area contributed by atoms with Crippen LogP contribution in [0.1, 0.15) is 52.7 Å². The number of para-hydroxylation sites is 2. The summed E-state index contributed by atoms with van der Waals surface area (Å²) in [4.78, 5) is 2.40. The van der Waals surface area contributed by atoms with Crippen molar-refractivity contribution in [3.63, 3.8) is 0 Å². The summed E-state index contributed by atoms with van der Waals surface area (Å²) < 4.78 is 13.3.